The molecule has 1 heteroatoms. The first-order valence-electron chi connectivity index (χ1n) is 5.84. The molecule has 0 saturated heterocycles. The Labute approximate surface area is 82.5 Å². The molecule has 1 saturated carbocycles. The Balaban J connectivity index is 2.30. The van der Waals surface area contributed by atoms with Crippen LogP contribution in [0.25, 0.3) is 0 Å². The molecular weight excluding hydrogens is 160 g/mol. The van der Waals surface area contributed by atoms with Gasteiger partial charge < -0.3 is 5.11 Å². The highest BCUT2D eigenvalue weighted by Crippen LogP contribution is 2.44. The fraction of sp³-hybridized carbons (Fsp3) is 1.00. The van der Waals surface area contributed by atoms with E-state index < -0.39 is 0 Å². The van der Waals surface area contributed by atoms with Gasteiger partial charge in [-0.3, -0.25) is 0 Å². The van der Waals surface area contributed by atoms with Crippen LogP contribution in [0.3, 0.4) is 0 Å². The summed E-state index contributed by atoms with van der Waals surface area (Å²) in [7, 11) is 0. The molecule has 0 bridgehead atoms. The lowest BCUT2D eigenvalue weighted by molar-refractivity contribution is -0.0000286. The summed E-state index contributed by atoms with van der Waals surface area (Å²) in [5, 5.41) is 10.3. The number of rotatable bonds is 6. The number of aliphatic hydroxyl groups is 1. The second-order valence-electron chi connectivity index (χ2n) is 4.78. The Morgan fingerprint density at radius 1 is 1.38 bits per heavy atom. The van der Waals surface area contributed by atoms with Crippen LogP contribution in [0.5, 0.6) is 0 Å². The number of hydrogen-bond donors (Lipinski definition) is 1. The first-order valence-corrected chi connectivity index (χ1v) is 5.84. The summed E-state index contributed by atoms with van der Waals surface area (Å²) < 4.78 is 0. The van der Waals surface area contributed by atoms with E-state index in [-0.39, 0.29) is 5.60 Å². The Bertz CT molecular complexity index is 151. The van der Waals surface area contributed by atoms with Gasteiger partial charge in [-0.25, -0.2) is 0 Å². The van der Waals surface area contributed by atoms with Crippen molar-refractivity contribution in [1.82, 2.24) is 0 Å². The van der Waals surface area contributed by atoms with Crippen molar-refractivity contribution in [3.8, 4) is 0 Å². The second-order valence-corrected chi connectivity index (χ2v) is 4.78. The molecule has 1 aliphatic carbocycles. The van der Waals surface area contributed by atoms with E-state index in [2.05, 4.69) is 20.8 Å². The standard InChI is InChI=1S/C12H24O/c1-4-10(3)8-9-12(13,5-2)11-6-7-11/h10-11,13H,4-9H2,1-3H3. The van der Waals surface area contributed by atoms with Crippen LogP contribution >= 0.6 is 0 Å². The molecule has 0 aromatic heterocycles. The van der Waals surface area contributed by atoms with Crippen LogP contribution in [0.4, 0.5) is 0 Å². The summed E-state index contributed by atoms with van der Waals surface area (Å²) in [6, 6.07) is 0. The van der Waals surface area contributed by atoms with Crippen molar-refractivity contribution in [2.24, 2.45) is 11.8 Å². The van der Waals surface area contributed by atoms with Crippen molar-refractivity contribution in [2.45, 2.75) is 64.9 Å². The second kappa shape index (κ2) is 4.45. The van der Waals surface area contributed by atoms with E-state index in [0.717, 1.165) is 18.8 Å². The minimum atomic E-state index is -0.316. The van der Waals surface area contributed by atoms with Crippen molar-refractivity contribution in [2.75, 3.05) is 0 Å². The van der Waals surface area contributed by atoms with Crippen molar-refractivity contribution in [3.05, 3.63) is 0 Å². The van der Waals surface area contributed by atoms with Crippen LogP contribution in [0.15, 0.2) is 0 Å². The first kappa shape index (κ1) is 11.0. The lowest BCUT2D eigenvalue weighted by atomic mass is 9.86. The molecule has 1 fully saturated rings. The maximum atomic E-state index is 10.3. The summed E-state index contributed by atoms with van der Waals surface area (Å²) in [4.78, 5) is 0. The van der Waals surface area contributed by atoms with Gasteiger partial charge in [0.1, 0.15) is 0 Å². The molecule has 0 heterocycles. The van der Waals surface area contributed by atoms with Crippen molar-refractivity contribution < 1.29 is 5.11 Å². The van der Waals surface area contributed by atoms with Gasteiger partial charge in [-0.15, -0.1) is 0 Å². The topological polar surface area (TPSA) is 20.2 Å². The van der Waals surface area contributed by atoms with E-state index in [1.807, 2.05) is 0 Å². The first-order chi connectivity index (χ1) is 6.12. The molecule has 0 aliphatic heterocycles. The fourth-order valence-electron chi connectivity index (χ4n) is 1.99. The van der Waals surface area contributed by atoms with E-state index in [0.29, 0.717) is 5.92 Å². The van der Waals surface area contributed by atoms with Crippen LogP contribution in [0.2, 0.25) is 0 Å². The zero-order valence-corrected chi connectivity index (χ0v) is 9.34. The molecule has 1 aliphatic rings. The zero-order chi connectivity index (χ0) is 9.90. The Morgan fingerprint density at radius 2 is 2.00 bits per heavy atom. The molecule has 1 rings (SSSR count). The average molecular weight is 184 g/mol. The average Bonchev–Trinajstić information content (AvgIpc) is 2.96. The molecule has 0 amide bonds. The van der Waals surface area contributed by atoms with E-state index in [9.17, 15) is 5.11 Å². The quantitative estimate of drug-likeness (QED) is 0.671. The van der Waals surface area contributed by atoms with Gasteiger partial charge in [0, 0.05) is 0 Å². The molecule has 2 unspecified atom stereocenters. The molecule has 0 aromatic rings. The van der Waals surface area contributed by atoms with Crippen LogP contribution in [-0.2, 0) is 0 Å². The van der Waals surface area contributed by atoms with Gasteiger partial charge in [0.25, 0.3) is 0 Å². The van der Waals surface area contributed by atoms with Gasteiger partial charge in [-0.05, 0) is 43.9 Å². The Kier molecular flexibility index (Phi) is 3.78. The highest BCUT2D eigenvalue weighted by molar-refractivity contribution is 4.93. The van der Waals surface area contributed by atoms with Crippen LogP contribution in [-0.4, -0.2) is 10.7 Å². The largest absolute Gasteiger partial charge is 0.390 e. The highest BCUT2D eigenvalue weighted by Gasteiger charge is 2.41. The normalized spacial score (nSPS) is 24.0. The molecular formula is C12H24O. The Hall–Kier alpha value is -0.0400. The predicted molar refractivity (Wildman–Crippen MR) is 56.7 cm³/mol. The van der Waals surface area contributed by atoms with E-state index in [1.165, 1.54) is 25.7 Å². The fourth-order valence-corrected chi connectivity index (χ4v) is 1.99. The highest BCUT2D eigenvalue weighted by atomic mass is 16.3. The summed E-state index contributed by atoms with van der Waals surface area (Å²) in [5.74, 6) is 1.40. The zero-order valence-electron chi connectivity index (χ0n) is 9.34. The monoisotopic (exact) mass is 184 g/mol. The molecule has 13 heavy (non-hydrogen) atoms. The van der Waals surface area contributed by atoms with Gasteiger partial charge in [0.15, 0.2) is 0 Å². The van der Waals surface area contributed by atoms with Crippen LogP contribution < -0.4 is 0 Å². The van der Waals surface area contributed by atoms with Gasteiger partial charge >= 0.3 is 0 Å². The van der Waals surface area contributed by atoms with E-state index in [1.54, 1.807) is 0 Å². The molecule has 1 nitrogen and oxygen atoms in total. The predicted octanol–water partition coefficient (Wildman–Crippen LogP) is 3.36. The van der Waals surface area contributed by atoms with E-state index >= 15 is 0 Å². The molecule has 0 spiro atoms. The Morgan fingerprint density at radius 3 is 2.38 bits per heavy atom. The maximum absolute atomic E-state index is 10.3. The lowest BCUT2D eigenvalue weighted by Gasteiger charge is -2.27. The summed E-state index contributed by atoms with van der Waals surface area (Å²) in [6.07, 6.45) is 6.90. The molecule has 0 aromatic carbocycles. The molecule has 0 radical (unpaired) electrons. The minimum absolute atomic E-state index is 0.316. The van der Waals surface area contributed by atoms with Crippen LogP contribution in [0, 0.1) is 11.8 Å². The third kappa shape index (κ3) is 2.98. The SMILES string of the molecule is CCC(C)CCC(O)(CC)C1CC1. The molecule has 2 atom stereocenters. The van der Waals surface area contributed by atoms with Crippen molar-refractivity contribution in [3.63, 3.8) is 0 Å². The van der Waals surface area contributed by atoms with E-state index in [4.69, 9.17) is 0 Å². The van der Waals surface area contributed by atoms with Gasteiger partial charge in [0.05, 0.1) is 5.60 Å². The smallest absolute Gasteiger partial charge is 0.0673 e. The summed E-state index contributed by atoms with van der Waals surface area (Å²) in [5.41, 5.74) is -0.316. The molecule has 1 N–H and O–H groups in total. The van der Waals surface area contributed by atoms with Gasteiger partial charge in [0.2, 0.25) is 0 Å². The van der Waals surface area contributed by atoms with Crippen molar-refractivity contribution >= 4 is 0 Å². The van der Waals surface area contributed by atoms with Crippen LogP contribution in [0.1, 0.15) is 59.3 Å². The maximum Gasteiger partial charge on any atom is 0.0673 e. The molecule has 78 valence electrons. The van der Waals surface area contributed by atoms with Crippen molar-refractivity contribution in [1.29, 1.82) is 0 Å². The van der Waals surface area contributed by atoms with Gasteiger partial charge in [-0.1, -0.05) is 27.2 Å². The summed E-state index contributed by atoms with van der Waals surface area (Å²) >= 11 is 0. The minimum Gasteiger partial charge on any atom is -0.390 e. The number of hydrogen-bond acceptors (Lipinski definition) is 1. The third-order valence-electron chi connectivity index (χ3n) is 3.72. The van der Waals surface area contributed by atoms with Gasteiger partial charge in [-0.2, -0.15) is 0 Å². The third-order valence-corrected chi connectivity index (χ3v) is 3.72. The summed E-state index contributed by atoms with van der Waals surface area (Å²) in [6.45, 7) is 6.63. The lowest BCUT2D eigenvalue weighted by Crippen LogP contribution is -2.30.